The van der Waals surface area contributed by atoms with E-state index in [0.29, 0.717) is 32.2 Å². The third-order valence-electron chi connectivity index (χ3n) is 2.68. The first-order valence-corrected chi connectivity index (χ1v) is 8.68. The molecule has 0 radical (unpaired) electrons. The van der Waals surface area contributed by atoms with Crippen molar-refractivity contribution in [1.29, 1.82) is 0 Å². The first-order valence-electron chi connectivity index (χ1n) is 7.73. The normalized spacial score (nSPS) is 14.6. The highest BCUT2D eigenvalue weighted by atomic mass is 31.2. The molecule has 0 rings (SSSR count). The van der Waals surface area contributed by atoms with Crippen LogP contribution in [-0.4, -0.2) is 43.2 Å². The van der Waals surface area contributed by atoms with Gasteiger partial charge in [-0.15, -0.1) is 0 Å². The van der Waals surface area contributed by atoms with Crippen molar-refractivity contribution in [2.24, 2.45) is 0 Å². The molecule has 3 nitrogen and oxygen atoms in total. The zero-order valence-corrected chi connectivity index (χ0v) is 13.7. The standard InChI is InChI=1S/C14H32NO2P/c1-7-8-9-10-16-11-12-17-18(6)15(13(2)3)14(4)5/h13-14H,7-12H2,1-6H3/i1T. The van der Waals surface area contributed by atoms with Gasteiger partial charge in [0.05, 0.1) is 13.2 Å². The summed E-state index contributed by atoms with van der Waals surface area (Å²) in [5, 5.41) is 0. The Balaban J connectivity index is 3.59. The molecule has 0 amide bonds. The minimum absolute atomic E-state index is 0.516. The number of hydrogen-bond acceptors (Lipinski definition) is 3. The fourth-order valence-electron chi connectivity index (χ4n) is 2.02. The van der Waals surface area contributed by atoms with Gasteiger partial charge in [0.1, 0.15) is 8.30 Å². The Labute approximate surface area is 117 Å². The molecule has 110 valence electrons. The molecule has 0 aliphatic rings. The van der Waals surface area contributed by atoms with E-state index in [1.165, 1.54) is 0 Å². The first kappa shape index (κ1) is 16.4. The molecule has 0 heterocycles. The van der Waals surface area contributed by atoms with Gasteiger partial charge in [-0.1, -0.05) is 19.7 Å². The quantitative estimate of drug-likeness (QED) is 0.416. The Bertz CT molecular complexity index is 198. The molecule has 0 aromatic heterocycles. The molecule has 0 N–H and O–H groups in total. The fourth-order valence-corrected chi connectivity index (χ4v) is 3.80. The highest BCUT2D eigenvalue weighted by Crippen LogP contribution is 2.40. The highest BCUT2D eigenvalue weighted by Gasteiger charge is 2.20. The molecule has 1 unspecified atom stereocenters. The van der Waals surface area contributed by atoms with Crippen LogP contribution in [0, 0.1) is 0 Å². The molecule has 0 aromatic rings. The second-order valence-electron chi connectivity index (χ2n) is 5.04. The fraction of sp³-hybridized carbons (Fsp3) is 1.00. The lowest BCUT2D eigenvalue weighted by atomic mass is 10.3. The van der Waals surface area contributed by atoms with Crippen molar-refractivity contribution < 1.29 is 10.6 Å². The van der Waals surface area contributed by atoms with E-state index in [9.17, 15) is 0 Å². The van der Waals surface area contributed by atoms with Crippen LogP contribution in [-0.2, 0) is 9.26 Å². The molecule has 0 aromatic carbocycles. The molecule has 4 heteroatoms. The number of rotatable bonds is 11. The molecular weight excluding hydrogens is 245 g/mol. The van der Waals surface area contributed by atoms with Crippen molar-refractivity contribution in [2.45, 2.75) is 65.9 Å². The van der Waals surface area contributed by atoms with Crippen LogP contribution in [0.3, 0.4) is 0 Å². The van der Waals surface area contributed by atoms with Crippen molar-refractivity contribution >= 4 is 8.30 Å². The zero-order chi connectivity index (χ0) is 14.7. The van der Waals surface area contributed by atoms with Gasteiger partial charge in [0.2, 0.25) is 0 Å². The van der Waals surface area contributed by atoms with Crippen LogP contribution in [0.1, 0.15) is 55.2 Å². The van der Waals surface area contributed by atoms with E-state index in [1.54, 1.807) is 0 Å². The maximum Gasteiger partial charge on any atom is 0.101 e. The van der Waals surface area contributed by atoms with Gasteiger partial charge in [0, 0.05) is 20.1 Å². The van der Waals surface area contributed by atoms with Gasteiger partial charge < -0.3 is 9.26 Å². The lowest BCUT2D eigenvalue weighted by Gasteiger charge is -2.35. The van der Waals surface area contributed by atoms with Crippen molar-refractivity contribution in [1.82, 2.24) is 4.67 Å². The molecule has 0 fully saturated rings. The molecule has 0 saturated carbocycles. The summed E-state index contributed by atoms with van der Waals surface area (Å²) >= 11 is 0. The maximum absolute atomic E-state index is 7.04. The second kappa shape index (κ2) is 11.2. The Hall–Kier alpha value is 0.310. The summed E-state index contributed by atoms with van der Waals surface area (Å²) in [6.45, 7) is 13.7. The van der Waals surface area contributed by atoms with E-state index in [0.717, 1.165) is 25.9 Å². The average molecular weight is 279 g/mol. The van der Waals surface area contributed by atoms with Gasteiger partial charge in [-0.25, -0.2) is 0 Å². The van der Waals surface area contributed by atoms with Gasteiger partial charge in [-0.3, -0.25) is 4.67 Å². The molecular formula is C14H32NO2P. The van der Waals surface area contributed by atoms with Crippen LogP contribution in [0.25, 0.3) is 0 Å². The minimum atomic E-state index is -0.525. The number of hydrogen-bond donors (Lipinski definition) is 0. The zero-order valence-electron chi connectivity index (χ0n) is 13.8. The Morgan fingerprint density at radius 1 is 1.06 bits per heavy atom. The predicted octanol–water partition coefficient (Wildman–Crippen LogP) is 4.27. The summed E-state index contributed by atoms with van der Waals surface area (Å²) < 4.78 is 20.9. The monoisotopic (exact) mass is 279 g/mol. The van der Waals surface area contributed by atoms with E-state index in [2.05, 4.69) is 39.0 Å². The maximum atomic E-state index is 7.04. The molecule has 0 saturated heterocycles. The SMILES string of the molecule is [3H]CCCCCOCCOP(C)N(C(C)C)C(C)C. The van der Waals surface area contributed by atoms with Gasteiger partial charge in [-0.05, 0) is 40.8 Å². The number of nitrogens with zero attached hydrogens (tertiary/aromatic N) is 1. The summed E-state index contributed by atoms with van der Waals surface area (Å²) in [5.74, 6) is 0. The van der Waals surface area contributed by atoms with Gasteiger partial charge >= 0.3 is 0 Å². The largest absolute Gasteiger partial charge is 0.379 e. The van der Waals surface area contributed by atoms with Gasteiger partial charge in [0.15, 0.2) is 0 Å². The molecule has 1 atom stereocenters. The van der Waals surface area contributed by atoms with E-state index < -0.39 is 8.30 Å². The first-order chi connectivity index (χ1) is 9.00. The minimum Gasteiger partial charge on any atom is -0.379 e. The summed E-state index contributed by atoms with van der Waals surface area (Å²) in [6, 6.07) is 1.03. The summed E-state index contributed by atoms with van der Waals surface area (Å²) in [5.41, 5.74) is 0. The van der Waals surface area contributed by atoms with Crippen LogP contribution in [0.2, 0.25) is 0 Å². The molecule has 0 spiro atoms. The van der Waals surface area contributed by atoms with Crippen molar-refractivity contribution in [2.75, 3.05) is 26.5 Å². The molecule has 18 heavy (non-hydrogen) atoms. The van der Waals surface area contributed by atoms with Gasteiger partial charge in [-0.2, -0.15) is 0 Å². The van der Waals surface area contributed by atoms with Crippen molar-refractivity contribution in [3.05, 3.63) is 0 Å². The lowest BCUT2D eigenvalue weighted by Crippen LogP contribution is -2.32. The summed E-state index contributed by atoms with van der Waals surface area (Å²) in [7, 11) is -0.525. The Morgan fingerprint density at radius 2 is 1.72 bits per heavy atom. The highest BCUT2D eigenvalue weighted by molar-refractivity contribution is 7.49. The third-order valence-corrected chi connectivity index (χ3v) is 4.81. The van der Waals surface area contributed by atoms with E-state index in [1.807, 2.05) is 0 Å². The second-order valence-corrected chi connectivity index (χ2v) is 6.69. The molecule has 0 aliphatic heterocycles. The average Bonchev–Trinajstić information content (AvgIpc) is 2.31. The van der Waals surface area contributed by atoms with Gasteiger partial charge in [0.25, 0.3) is 0 Å². The molecule has 0 aliphatic carbocycles. The van der Waals surface area contributed by atoms with Crippen LogP contribution in [0.4, 0.5) is 0 Å². The van der Waals surface area contributed by atoms with Crippen LogP contribution in [0.5, 0.6) is 0 Å². The summed E-state index contributed by atoms with van der Waals surface area (Å²) in [6.07, 6.45) is 3.14. The number of unbranched alkanes of at least 4 members (excludes halogenated alkanes) is 2. The Morgan fingerprint density at radius 3 is 2.28 bits per heavy atom. The van der Waals surface area contributed by atoms with Crippen LogP contribution >= 0.6 is 8.30 Å². The third kappa shape index (κ3) is 8.42. The van der Waals surface area contributed by atoms with Crippen LogP contribution in [0.15, 0.2) is 0 Å². The topological polar surface area (TPSA) is 21.7 Å². The number of ether oxygens (including phenoxy) is 1. The van der Waals surface area contributed by atoms with E-state index in [4.69, 9.17) is 10.6 Å². The lowest BCUT2D eigenvalue weighted by molar-refractivity contribution is 0.0972. The van der Waals surface area contributed by atoms with E-state index in [-0.39, 0.29) is 0 Å². The van der Waals surface area contributed by atoms with Crippen LogP contribution < -0.4 is 0 Å². The van der Waals surface area contributed by atoms with Crippen molar-refractivity contribution in [3.63, 3.8) is 0 Å². The smallest absolute Gasteiger partial charge is 0.101 e. The van der Waals surface area contributed by atoms with E-state index >= 15 is 0 Å². The summed E-state index contributed by atoms with van der Waals surface area (Å²) in [4.78, 5) is 0. The Kier molecular flexibility index (Phi) is 10.1. The predicted molar refractivity (Wildman–Crippen MR) is 81.3 cm³/mol. The van der Waals surface area contributed by atoms with Crippen molar-refractivity contribution in [3.8, 4) is 0 Å². The molecule has 0 bridgehead atoms.